The third-order valence-corrected chi connectivity index (χ3v) is 3.26. The minimum absolute atomic E-state index is 0.0228. The lowest BCUT2D eigenvalue weighted by Crippen LogP contribution is -2.14. The number of ether oxygens (including phenoxy) is 1. The summed E-state index contributed by atoms with van der Waals surface area (Å²) in [6.07, 6.45) is 2.14. The van der Waals surface area contributed by atoms with Crippen molar-refractivity contribution in [2.24, 2.45) is 5.92 Å². The van der Waals surface area contributed by atoms with Crippen molar-refractivity contribution in [2.75, 3.05) is 32.1 Å². The summed E-state index contributed by atoms with van der Waals surface area (Å²) >= 11 is 0. The van der Waals surface area contributed by atoms with Crippen LogP contribution in [0.1, 0.15) is 12.8 Å². The highest BCUT2D eigenvalue weighted by atomic mass is 16.6. The highest BCUT2D eigenvalue weighted by Crippen LogP contribution is 2.25. The average Bonchev–Trinajstić information content (AvgIpc) is 2.91. The van der Waals surface area contributed by atoms with Crippen LogP contribution in [0.5, 0.6) is 5.88 Å². The zero-order chi connectivity index (χ0) is 13.7. The monoisotopic (exact) mass is 266 g/mol. The molecule has 0 bridgehead atoms. The van der Waals surface area contributed by atoms with Crippen LogP contribution in [0.15, 0.2) is 12.1 Å². The zero-order valence-corrected chi connectivity index (χ0v) is 10.9. The third-order valence-electron chi connectivity index (χ3n) is 3.26. The molecule has 1 fully saturated rings. The van der Waals surface area contributed by atoms with E-state index in [9.17, 15) is 10.1 Å². The molecule has 7 heteroatoms. The highest BCUT2D eigenvalue weighted by molar-refractivity contribution is 5.56. The van der Waals surface area contributed by atoms with Gasteiger partial charge in [0.2, 0.25) is 11.7 Å². The molecule has 0 aromatic carbocycles. The molecule has 0 saturated carbocycles. The molecule has 2 rings (SSSR count). The Morgan fingerprint density at radius 1 is 1.63 bits per heavy atom. The molecule has 1 saturated heterocycles. The van der Waals surface area contributed by atoms with E-state index in [-0.39, 0.29) is 11.5 Å². The van der Waals surface area contributed by atoms with Crippen molar-refractivity contribution in [3.63, 3.8) is 0 Å². The van der Waals surface area contributed by atoms with Gasteiger partial charge in [-0.3, -0.25) is 10.1 Å². The van der Waals surface area contributed by atoms with Crippen LogP contribution in [0, 0.1) is 16.0 Å². The van der Waals surface area contributed by atoms with Crippen molar-refractivity contribution in [1.29, 1.82) is 0 Å². The number of hydrogen-bond donors (Lipinski definition) is 2. The van der Waals surface area contributed by atoms with E-state index in [1.165, 1.54) is 19.2 Å². The van der Waals surface area contributed by atoms with Crippen molar-refractivity contribution in [2.45, 2.75) is 12.8 Å². The number of nitro groups is 1. The maximum Gasteiger partial charge on any atom is 0.311 e. The number of methoxy groups -OCH3 is 1. The van der Waals surface area contributed by atoms with Gasteiger partial charge in [0.25, 0.3) is 0 Å². The minimum Gasteiger partial charge on any atom is -0.481 e. The Morgan fingerprint density at radius 2 is 2.47 bits per heavy atom. The van der Waals surface area contributed by atoms with Crippen LogP contribution < -0.4 is 15.4 Å². The molecule has 1 aliphatic rings. The molecule has 19 heavy (non-hydrogen) atoms. The van der Waals surface area contributed by atoms with E-state index >= 15 is 0 Å². The van der Waals surface area contributed by atoms with Crippen molar-refractivity contribution in [3.8, 4) is 5.88 Å². The molecular formula is C12H18N4O3. The summed E-state index contributed by atoms with van der Waals surface area (Å²) in [6.45, 7) is 2.75. The van der Waals surface area contributed by atoms with Crippen LogP contribution in [0.4, 0.5) is 11.5 Å². The smallest absolute Gasteiger partial charge is 0.311 e. The summed E-state index contributed by atoms with van der Waals surface area (Å²) in [5, 5.41) is 17.2. The van der Waals surface area contributed by atoms with E-state index in [0.717, 1.165) is 25.9 Å². The molecule has 104 valence electrons. The molecule has 1 aromatic rings. The van der Waals surface area contributed by atoms with Gasteiger partial charge in [-0.15, -0.1) is 0 Å². The van der Waals surface area contributed by atoms with E-state index in [0.29, 0.717) is 18.3 Å². The first-order valence-electron chi connectivity index (χ1n) is 6.34. The topological polar surface area (TPSA) is 89.3 Å². The molecule has 0 radical (unpaired) electrons. The van der Waals surface area contributed by atoms with E-state index in [1.54, 1.807) is 0 Å². The second-order valence-electron chi connectivity index (χ2n) is 4.55. The maximum absolute atomic E-state index is 10.9. The van der Waals surface area contributed by atoms with Gasteiger partial charge in [-0.1, -0.05) is 0 Å². The Kier molecular flexibility index (Phi) is 4.51. The van der Waals surface area contributed by atoms with Crippen LogP contribution in [-0.4, -0.2) is 36.7 Å². The van der Waals surface area contributed by atoms with E-state index in [1.807, 2.05) is 0 Å². The van der Waals surface area contributed by atoms with Gasteiger partial charge in [-0.05, 0) is 31.8 Å². The highest BCUT2D eigenvalue weighted by Gasteiger charge is 2.18. The van der Waals surface area contributed by atoms with Crippen molar-refractivity contribution < 1.29 is 9.66 Å². The Labute approximate surface area is 111 Å². The SMILES string of the molecule is COc1ccc([N+](=O)[O-])c(NCCC2CCNC2)n1. The van der Waals surface area contributed by atoms with Crippen molar-refractivity contribution >= 4 is 11.5 Å². The minimum atomic E-state index is -0.439. The molecule has 0 amide bonds. The van der Waals surface area contributed by atoms with Crippen molar-refractivity contribution in [3.05, 3.63) is 22.2 Å². The predicted octanol–water partition coefficient (Wildman–Crippen LogP) is 1.41. The van der Waals surface area contributed by atoms with Gasteiger partial charge in [0.15, 0.2) is 0 Å². The van der Waals surface area contributed by atoms with E-state index in [2.05, 4.69) is 15.6 Å². The van der Waals surface area contributed by atoms with Crippen LogP contribution in [0.2, 0.25) is 0 Å². The molecule has 1 aliphatic heterocycles. The Hall–Kier alpha value is -1.89. The summed E-state index contributed by atoms with van der Waals surface area (Å²) in [5.74, 6) is 1.28. The Morgan fingerprint density at radius 3 is 3.11 bits per heavy atom. The zero-order valence-electron chi connectivity index (χ0n) is 10.9. The molecule has 2 heterocycles. The Bertz CT molecular complexity index is 447. The van der Waals surface area contributed by atoms with Gasteiger partial charge in [-0.25, -0.2) is 0 Å². The summed E-state index contributed by atoms with van der Waals surface area (Å²) in [5.41, 5.74) is -0.0228. The second kappa shape index (κ2) is 6.33. The molecule has 1 aromatic heterocycles. The molecule has 1 atom stereocenters. The fraction of sp³-hybridized carbons (Fsp3) is 0.583. The first kappa shape index (κ1) is 13.5. The standard InChI is InChI=1S/C12H18N4O3/c1-19-11-3-2-10(16(17)18)12(15-11)14-7-5-9-4-6-13-8-9/h2-3,9,13H,4-8H2,1H3,(H,14,15). The average molecular weight is 266 g/mol. The summed E-state index contributed by atoms with van der Waals surface area (Å²) in [4.78, 5) is 14.6. The molecule has 0 aliphatic carbocycles. The van der Waals surface area contributed by atoms with Gasteiger partial charge >= 0.3 is 5.69 Å². The van der Waals surface area contributed by atoms with Crippen LogP contribution in [0.3, 0.4) is 0 Å². The predicted molar refractivity (Wildman–Crippen MR) is 71.5 cm³/mol. The summed E-state index contributed by atoms with van der Waals surface area (Å²) in [6, 6.07) is 2.90. The van der Waals surface area contributed by atoms with Gasteiger partial charge in [0.1, 0.15) is 0 Å². The molecule has 0 spiro atoms. The largest absolute Gasteiger partial charge is 0.481 e. The van der Waals surface area contributed by atoms with Gasteiger partial charge < -0.3 is 15.4 Å². The van der Waals surface area contributed by atoms with Gasteiger partial charge in [0, 0.05) is 18.7 Å². The number of aromatic nitrogens is 1. The van der Waals surface area contributed by atoms with Crippen LogP contribution in [-0.2, 0) is 0 Å². The third kappa shape index (κ3) is 3.54. The number of nitrogens with one attached hydrogen (secondary N) is 2. The normalized spacial score (nSPS) is 18.3. The number of rotatable bonds is 6. The van der Waals surface area contributed by atoms with E-state index < -0.39 is 4.92 Å². The first-order chi connectivity index (χ1) is 9.20. The molecular weight excluding hydrogens is 248 g/mol. The van der Waals surface area contributed by atoms with Gasteiger partial charge in [0.05, 0.1) is 12.0 Å². The fourth-order valence-electron chi connectivity index (χ4n) is 2.18. The number of anilines is 1. The molecule has 7 nitrogen and oxygen atoms in total. The lowest BCUT2D eigenvalue weighted by atomic mass is 10.1. The summed E-state index contributed by atoms with van der Waals surface area (Å²) in [7, 11) is 1.49. The first-order valence-corrected chi connectivity index (χ1v) is 6.34. The lowest BCUT2D eigenvalue weighted by molar-refractivity contribution is -0.384. The second-order valence-corrected chi connectivity index (χ2v) is 4.55. The Balaban J connectivity index is 1.98. The van der Waals surface area contributed by atoms with Crippen LogP contribution in [0.25, 0.3) is 0 Å². The maximum atomic E-state index is 10.9. The number of pyridine rings is 1. The summed E-state index contributed by atoms with van der Waals surface area (Å²) < 4.78 is 4.99. The van der Waals surface area contributed by atoms with E-state index in [4.69, 9.17) is 4.74 Å². The van der Waals surface area contributed by atoms with Crippen molar-refractivity contribution in [1.82, 2.24) is 10.3 Å². The van der Waals surface area contributed by atoms with Gasteiger partial charge in [-0.2, -0.15) is 4.98 Å². The quantitative estimate of drug-likeness (QED) is 0.597. The lowest BCUT2D eigenvalue weighted by Gasteiger charge is -2.10. The molecule has 1 unspecified atom stereocenters. The number of nitrogens with zero attached hydrogens (tertiary/aromatic N) is 2. The number of hydrogen-bond acceptors (Lipinski definition) is 6. The fourth-order valence-corrected chi connectivity index (χ4v) is 2.18. The van der Waals surface area contributed by atoms with Crippen LogP contribution >= 0.6 is 0 Å². The molecule has 2 N–H and O–H groups in total.